The van der Waals surface area contributed by atoms with Crippen molar-refractivity contribution in [3.05, 3.63) is 17.5 Å². The molecule has 1 aromatic rings. The summed E-state index contributed by atoms with van der Waals surface area (Å²) in [6.07, 6.45) is 1.73. The Bertz CT molecular complexity index is 367. The van der Waals surface area contributed by atoms with Gasteiger partial charge in [-0.15, -0.1) is 0 Å². The summed E-state index contributed by atoms with van der Waals surface area (Å²) in [5.74, 6) is -2.54. The Morgan fingerprint density at radius 2 is 2.00 bits per heavy atom. The first-order chi connectivity index (χ1) is 6.11. The number of carboxylic acids is 2. The molecule has 0 saturated heterocycles. The van der Waals surface area contributed by atoms with Crippen molar-refractivity contribution in [3.63, 3.8) is 0 Å². The molecule has 68 valence electrons. The van der Waals surface area contributed by atoms with Crippen LogP contribution in [-0.4, -0.2) is 32.5 Å². The molecule has 0 fully saturated rings. The van der Waals surface area contributed by atoms with Gasteiger partial charge in [0, 0.05) is 6.08 Å². The molecule has 0 spiro atoms. The van der Waals surface area contributed by atoms with Crippen molar-refractivity contribution in [2.45, 2.75) is 0 Å². The number of rotatable bonds is 3. The highest BCUT2D eigenvalue weighted by Crippen LogP contribution is 2.04. The average Bonchev–Trinajstić information content (AvgIpc) is 2.47. The van der Waals surface area contributed by atoms with Crippen LogP contribution < -0.4 is 0 Å². The van der Waals surface area contributed by atoms with Gasteiger partial charge in [0.15, 0.2) is 0 Å². The second-order valence-corrected chi connectivity index (χ2v) is 1.97. The van der Waals surface area contributed by atoms with Crippen LogP contribution >= 0.6 is 0 Å². The highest BCUT2D eigenvalue weighted by molar-refractivity contribution is 5.91. The Morgan fingerprint density at radius 1 is 1.31 bits per heavy atom. The standard InChI is InChI=1S/C6H4N2O5/c9-4(10)2-1-3-5(6(11)12)8-13-7-3/h1-2H,(H,9,10)(H,11,12)/b2-1+. The molecule has 0 unspecified atom stereocenters. The normalized spacial score (nSPS) is 10.5. The molecule has 1 heterocycles. The van der Waals surface area contributed by atoms with Gasteiger partial charge in [-0.3, -0.25) is 0 Å². The van der Waals surface area contributed by atoms with Crippen molar-refractivity contribution in [2.24, 2.45) is 0 Å². The van der Waals surface area contributed by atoms with Crippen LogP contribution in [0.2, 0.25) is 0 Å². The quantitative estimate of drug-likeness (QED) is 0.628. The first-order valence-corrected chi connectivity index (χ1v) is 3.08. The highest BCUT2D eigenvalue weighted by atomic mass is 16.6. The van der Waals surface area contributed by atoms with E-state index in [-0.39, 0.29) is 5.69 Å². The molecule has 0 aliphatic carbocycles. The lowest BCUT2D eigenvalue weighted by Crippen LogP contribution is -1.99. The number of aromatic nitrogens is 2. The molecule has 1 rings (SSSR count). The van der Waals surface area contributed by atoms with E-state index < -0.39 is 17.6 Å². The Morgan fingerprint density at radius 3 is 2.54 bits per heavy atom. The second kappa shape index (κ2) is 3.48. The predicted octanol–water partition coefficient (Wildman–Crippen LogP) is -0.134. The monoisotopic (exact) mass is 184 g/mol. The third-order valence-electron chi connectivity index (χ3n) is 1.10. The van der Waals surface area contributed by atoms with Crippen molar-refractivity contribution in [1.82, 2.24) is 10.3 Å². The molecule has 0 amide bonds. The number of aliphatic carboxylic acids is 1. The molecule has 0 radical (unpaired) electrons. The Hall–Kier alpha value is -2.18. The third kappa shape index (κ3) is 2.12. The average molecular weight is 184 g/mol. The zero-order valence-electron chi connectivity index (χ0n) is 6.17. The van der Waals surface area contributed by atoms with E-state index in [1.165, 1.54) is 0 Å². The molecule has 0 aliphatic heterocycles. The minimum absolute atomic E-state index is 0.130. The number of hydrogen-bond donors (Lipinski definition) is 2. The molecule has 13 heavy (non-hydrogen) atoms. The molecule has 0 atom stereocenters. The molecule has 1 aromatic heterocycles. The van der Waals surface area contributed by atoms with Crippen molar-refractivity contribution >= 4 is 18.0 Å². The summed E-state index contributed by atoms with van der Waals surface area (Å²) in [4.78, 5) is 20.4. The van der Waals surface area contributed by atoms with E-state index >= 15 is 0 Å². The lowest BCUT2D eigenvalue weighted by atomic mass is 10.3. The van der Waals surface area contributed by atoms with E-state index in [0.717, 1.165) is 12.2 Å². The molecule has 7 nitrogen and oxygen atoms in total. The Kier molecular flexibility index (Phi) is 2.38. The summed E-state index contributed by atoms with van der Waals surface area (Å²) in [6.45, 7) is 0. The van der Waals surface area contributed by atoms with Crippen molar-refractivity contribution < 1.29 is 24.4 Å². The summed E-state index contributed by atoms with van der Waals surface area (Å²) >= 11 is 0. The molecular weight excluding hydrogens is 180 g/mol. The fourth-order valence-corrected chi connectivity index (χ4v) is 0.603. The van der Waals surface area contributed by atoms with Gasteiger partial charge in [-0.05, 0) is 16.4 Å². The van der Waals surface area contributed by atoms with Crippen LogP contribution in [0.15, 0.2) is 10.7 Å². The third-order valence-corrected chi connectivity index (χ3v) is 1.10. The van der Waals surface area contributed by atoms with Crippen molar-refractivity contribution in [3.8, 4) is 0 Å². The lowest BCUT2D eigenvalue weighted by molar-refractivity contribution is -0.131. The maximum absolute atomic E-state index is 10.4. The van der Waals surface area contributed by atoms with Crippen LogP contribution in [0.25, 0.3) is 6.08 Å². The van der Waals surface area contributed by atoms with Crippen molar-refractivity contribution in [2.75, 3.05) is 0 Å². The molecular formula is C6H4N2O5. The highest BCUT2D eigenvalue weighted by Gasteiger charge is 2.14. The van der Waals surface area contributed by atoms with Gasteiger partial charge in [-0.1, -0.05) is 0 Å². The second-order valence-electron chi connectivity index (χ2n) is 1.97. The van der Waals surface area contributed by atoms with Gasteiger partial charge in [0.25, 0.3) is 0 Å². The van der Waals surface area contributed by atoms with Gasteiger partial charge in [0.2, 0.25) is 5.69 Å². The predicted molar refractivity (Wildman–Crippen MR) is 37.9 cm³/mol. The van der Waals surface area contributed by atoms with Gasteiger partial charge >= 0.3 is 11.9 Å². The molecule has 0 saturated carbocycles. The molecule has 0 aromatic carbocycles. The molecule has 0 aliphatic rings. The van der Waals surface area contributed by atoms with Crippen LogP contribution in [0.4, 0.5) is 0 Å². The lowest BCUT2D eigenvalue weighted by Gasteiger charge is -1.83. The fourth-order valence-electron chi connectivity index (χ4n) is 0.603. The van der Waals surface area contributed by atoms with Gasteiger partial charge in [-0.2, -0.15) is 0 Å². The van der Waals surface area contributed by atoms with Crippen LogP contribution in [0.1, 0.15) is 16.2 Å². The Labute approximate surface area is 71.2 Å². The number of carboxylic acid groups (broad SMARTS) is 2. The van der Waals surface area contributed by atoms with Crippen molar-refractivity contribution in [1.29, 1.82) is 0 Å². The van der Waals surface area contributed by atoms with Crippen LogP contribution in [0, 0.1) is 0 Å². The van der Waals surface area contributed by atoms with Gasteiger partial charge < -0.3 is 10.2 Å². The summed E-state index contributed by atoms with van der Waals surface area (Å²) in [5, 5.41) is 23.0. The Balaban J connectivity index is 2.95. The van der Waals surface area contributed by atoms with Gasteiger partial charge in [0.05, 0.1) is 0 Å². The summed E-state index contributed by atoms with van der Waals surface area (Å²) < 4.78 is 4.11. The van der Waals surface area contributed by atoms with E-state index in [9.17, 15) is 9.59 Å². The topological polar surface area (TPSA) is 114 Å². The zero-order valence-corrected chi connectivity index (χ0v) is 6.17. The first kappa shape index (κ1) is 8.91. The molecule has 7 heteroatoms. The van der Waals surface area contributed by atoms with E-state index in [0.29, 0.717) is 0 Å². The summed E-state index contributed by atoms with van der Waals surface area (Å²) in [5.41, 5.74) is -0.549. The largest absolute Gasteiger partial charge is 0.478 e. The number of nitrogens with zero attached hydrogens (tertiary/aromatic N) is 2. The van der Waals surface area contributed by atoms with E-state index in [4.69, 9.17) is 10.2 Å². The zero-order chi connectivity index (χ0) is 9.84. The minimum Gasteiger partial charge on any atom is -0.478 e. The summed E-state index contributed by atoms with van der Waals surface area (Å²) in [7, 11) is 0. The van der Waals surface area contributed by atoms with E-state index in [2.05, 4.69) is 14.9 Å². The first-order valence-electron chi connectivity index (χ1n) is 3.08. The van der Waals surface area contributed by atoms with Crippen LogP contribution in [0.3, 0.4) is 0 Å². The SMILES string of the molecule is O=C(O)/C=C/c1nonc1C(=O)O. The number of aromatic carboxylic acids is 1. The van der Waals surface area contributed by atoms with Gasteiger partial charge in [-0.25, -0.2) is 14.2 Å². The maximum atomic E-state index is 10.4. The van der Waals surface area contributed by atoms with Crippen LogP contribution in [-0.2, 0) is 4.79 Å². The van der Waals surface area contributed by atoms with E-state index in [1.54, 1.807) is 0 Å². The number of carbonyl (C=O) groups is 2. The maximum Gasteiger partial charge on any atom is 0.360 e. The minimum atomic E-state index is -1.33. The number of hydrogen-bond acceptors (Lipinski definition) is 5. The van der Waals surface area contributed by atoms with Gasteiger partial charge in [0.1, 0.15) is 5.69 Å². The fraction of sp³-hybridized carbons (Fsp3) is 0. The summed E-state index contributed by atoms with van der Waals surface area (Å²) in [6, 6.07) is 0. The molecule has 2 N–H and O–H groups in total. The smallest absolute Gasteiger partial charge is 0.360 e. The van der Waals surface area contributed by atoms with E-state index in [1.807, 2.05) is 0 Å². The molecule has 0 bridgehead atoms. The van der Waals surface area contributed by atoms with Crippen LogP contribution in [0.5, 0.6) is 0 Å².